The lowest BCUT2D eigenvalue weighted by atomic mass is 9.76. The van der Waals surface area contributed by atoms with E-state index in [9.17, 15) is 0 Å². The molecule has 0 aromatic rings. The Morgan fingerprint density at radius 3 is 2.08 bits per heavy atom. The van der Waals surface area contributed by atoms with Crippen LogP contribution in [0.15, 0.2) is 0 Å². The van der Waals surface area contributed by atoms with E-state index in [4.69, 9.17) is 0 Å². The van der Waals surface area contributed by atoms with E-state index in [1.54, 1.807) is 0 Å². The predicted molar refractivity (Wildman–Crippen MR) is 52.8 cm³/mol. The van der Waals surface area contributed by atoms with Crippen LogP contribution in [0.3, 0.4) is 0 Å². The lowest BCUT2D eigenvalue weighted by molar-refractivity contribution is 0.352. The van der Waals surface area contributed by atoms with E-state index in [0.29, 0.717) is 0 Å². The molecule has 0 bridgehead atoms. The Morgan fingerprint density at radius 1 is 0.917 bits per heavy atom. The van der Waals surface area contributed by atoms with Crippen LogP contribution < -0.4 is 0 Å². The standard InChI is InChI=1S/C12H21/c1-10-6-8-12(9-7-10)11-4-2-3-5-11/h10-11H,2-9H2,1H3. The van der Waals surface area contributed by atoms with Crippen LogP contribution in [0.2, 0.25) is 0 Å². The molecule has 69 valence electrons. The van der Waals surface area contributed by atoms with Gasteiger partial charge in [0.25, 0.3) is 0 Å². The van der Waals surface area contributed by atoms with Crippen molar-refractivity contribution in [3.63, 3.8) is 0 Å². The first-order valence-electron chi connectivity index (χ1n) is 5.71. The molecule has 0 unspecified atom stereocenters. The molecule has 0 heteroatoms. The molecule has 0 saturated heterocycles. The molecule has 1 radical (unpaired) electrons. The SMILES string of the molecule is CC1CC[C](C2CCCC2)CC1. The van der Waals surface area contributed by atoms with E-state index in [0.717, 1.165) is 11.8 Å². The molecule has 2 aliphatic rings. The van der Waals surface area contributed by atoms with Crippen molar-refractivity contribution in [2.75, 3.05) is 0 Å². The quantitative estimate of drug-likeness (QED) is 0.551. The summed E-state index contributed by atoms with van der Waals surface area (Å²) in [7, 11) is 0. The minimum absolute atomic E-state index is 1.01. The lowest BCUT2D eigenvalue weighted by Gasteiger charge is -2.29. The third-order valence-corrected chi connectivity index (χ3v) is 3.85. The molecule has 0 heterocycles. The summed E-state index contributed by atoms with van der Waals surface area (Å²) in [5, 5.41) is 0. The summed E-state index contributed by atoms with van der Waals surface area (Å²) in [6.07, 6.45) is 11.9. The van der Waals surface area contributed by atoms with Gasteiger partial charge in [-0.1, -0.05) is 32.6 Å². The summed E-state index contributed by atoms with van der Waals surface area (Å²) in [5.74, 6) is 4.00. The fraction of sp³-hybridized carbons (Fsp3) is 0.917. The van der Waals surface area contributed by atoms with E-state index < -0.39 is 0 Å². The van der Waals surface area contributed by atoms with Crippen molar-refractivity contribution in [3.05, 3.63) is 5.92 Å². The molecule has 0 nitrogen and oxygen atoms in total. The maximum absolute atomic E-state index is 2.41. The van der Waals surface area contributed by atoms with Gasteiger partial charge in [0.05, 0.1) is 0 Å². The lowest BCUT2D eigenvalue weighted by Crippen LogP contribution is -2.16. The van der Waals surface area contributed by atoms with Gasteiger partial charge in [-0.3, -0.25) is 0 Å². The highest BCUT2D eigenvalue weighted by Crippen LogP contribution is 2.41. The van der Waals surface area contributed by atoms with Crippen molar-refractivity contribution < 1.29 is 0 Å². The van der Waals surface area contributed by atoms with Crippen molar-refractivity contribution >= 4 is 0 Å². The highest BCUT2D eigenvalue weighted by Gasteiger charge is 2.28. The van der Waals surface area contributed by atoms with Crippen molar-refractivity contribution in [3.8, 4) is 0 Å². The van der Waals surface area contributed by atoms with Gasteiger partial charge in [0.2, 0.25) is 0 Å². The van der Waals surface area contributed by atoms with Gasteiger partial charge in [-0.05, 0) is 43.4 Å². The second-order valence-electron chi connectivity index (χ2n) is 4.82. The second-order valence-corrected chi connectivity index (χ2v) is 4.82. The van der Waals surface area contributed by atoms with E-state index in [1.807, 2.05) is 5.92 Å². The number of hydrogen-bond donors (Lipinski definition) is 0. The Balaban J connectivity index is 1.80. The average molecular weight is 165 g/mol. The predicted octanol–water partition coefficient (Wildman–Crippen LogP) is 3.96. The minimum Gasteiger partial charge on any atom is -0.0625 e. The van der Waals surface area contributed by atoms with Crippen LogP contribution in [-0.2, 0) is 0 Å². The zero-order chi connectivity index (χ0) is 8.39. The largest absolute Gasteiger partial charge is 0.0625 e. The fourth-order valence-electron chi connectivity index (χ4n) is 2.88. The van der Waals surface area contributed by atoms with Gasteiger partial charge in [-0.15, -0.1) is 0 Å². The normalized spacial score (nSPS) is 29.8. The minimum atomic E-state index is 1.01. The summed E-state index contributed by atoms with van der Waals surface area (Å²) in [4.78, 5) is 0. The van der Waals surface area contributed by atoms with Crippen molar-refractivity contribution in [1.29, 1.82) is 0 Å². The first kappa shape index (κ1) is 8.59. The molecular formula is C12H21. The Bertz CT molecular complexity index is 125. The Labute approximate surface area is 76.7 Å². The molecule has 0 spiro atoms. The molecule has 0 N–H and O–H groups in total. The summed E-state index contributed by atoms with van der Waals surface area (Å²) >= 11 is 0. The molecule has 0 amide bonds. The molecule has 2 rings (SSSR count). The first-order chi connectivity index (χ1) is 5.86. The molecular weight excluding hydrogens is 144 g/mol. The van der Waals surface area contributed by atoms with Crippen LogP contribution >= 0.6 is 0 Å². The maximum Gasteiger partial charge on any atom is -0.0210 e. The van der Waals surface area contributed by atoms with E-state index in [-0.39, 0.29) is 0 Å². The number of rotatable bonds is 1. The van der Waals surface area contributed by atoms with Crippen molar-refractivity contribution in [1.82, 2.24) is 0 Å². The molecule has 12 heavy (non-hydrogen) atoms. The smallest absolute Gasteiger partial charge is 0.0210 e. The maximum atomic E-state index is 2.41. The monoisotopic (exact) mass is 165 g/mol. The van der Waals surface area contributed by atoms with Crippen LogP contribution in [0.1, 0.15) is 58.3 Å². The third kappa shape index (κ3) is 1.84. The Kier molecular flexibility index (Phi) is 2.73. The van der Waals surface area contributed by atoms with Gasteiger partial charge in [0.1, 0.15) is 0 Å². The van der Waals surface area contributed by atoms with E-state index >= 15 is 0 Å². The van der Waals surface area contributed by atoms with Crippen molar-refractivity contribution in [2.24, 2.45) is 11.8 Å². The average Bonchev–Trinajstić information content (AvgIpc) is 2.58. The van der Waals surface area contributed by atoms with Crippen LogP contribution in [0.25, 0.3) is 0 Å². The molecule has 2 fully saturated rings. The van der Waals surface area contributed by atoms with Gasteiger partial charge < -0.3 is 0 Å². The van der Waals surface area contributed by atoms with E-state index in [2.05, 4.69) is 6.92 Å². The molecule has 2 aliphatic carbocycles. The van der Waals surface area contributed by atoms with Crippen molar-refractivity contribution in [2.45, 2.75) is 58.3 Å². The summed E-state index contributed by atoms with van der Waals surface area (Å²) in [6, 6.07) is 0. The molecule has 0 aromatic carbocycles. The van der Waals surface area contributed by atoms with E-state index in [1.165, 1.54) is 51.4 Å². The van der Waals surface area contributed by atoms with Gasteiger partial charge >= 0.3 is 0 Å². The fourth-order valence-corrected chi connectivity index (χ4v) is 2.88. The van der Waals surface area contributed by atoms with Crippen LogP contribution in [0, 0.1) is 17.8 Å². The highest BCUT2D eigenvalue weighted by atomic mass is 14.3. The van der Waals surface area contributed by atoms with Crippen LogP contribution in [0.5, 0.6) is 0 Å². The van der Waals surface area contributed by atoms with Gasteiger partial charge in [0.15, 0.2) is 0 Å². The molecule has 0 aliphatic heterocycles. The van der Waals surface area contributed by atoms with Crippen LogP contribution in [-0.4, -0.2) is 0 Å². The van der Waals surface area contributed by atoms with Gasteiger partial charge in [-0.25, -0.2) is 0 Å². The number of hydrogen-bond acceptors (Lipinski definition) is 0. The second kappa shape index (κ2) is 3.81. The highest BCUT2D eigenvalue weighted by molar-refractivity contribution is 5.00. The summed E-state index contributed by atoms with van der Waals surface area (Å²) in [5.41, 5.74) is 0. The molecule has 0 aromatic heterocycles. The molecule has 2 saturated carbocycles. The zero-order valence-electron chi connectivity index (χ0n) is 8.31. The Hall–Kier alpha value is 0. The zero-order valence-corrected chi connectivity index (χ0v) is 8.31. The van der Waals surface area contributed by atoms with Crippen LogP contribution in [0.4, 0.5) is 0 Å². The third-order valence-electron chi connectivity index (χ3n) is 3.85. The summed E-state index contributed by atoms with van der Waals surface area (Å²) < 4.78 is 0. The topological polar surface area (TPSA) is 0 Å². The van der Waals surface area contributed by atoms with Gasteiger partial charge in [0, 0.05) is 0 Å². The first-order valence-corrected chi connectivity index (χ1v) is 5.71. The van der Waals surface area contributed by atoms with Gasteiger partial charge in [-0.2, -0.15) is 0 Å². The Morgan fingerprint density at radius 2 is 1.50 bits per heavy atom. The molecule has 0 atom stereocenters. The summed E-state index contributed by atoms with van der Waals surface area (Å²) in [6.45, 7) is 2.41.